The van der Waals surface area contributed by atoms with Crippen LogP contribution >= 0.6 is 15.9 Å². The summed E-state index contributed by atoms with van der Waals surface area (Å²) in [5.41, 5.74) is 3.19. The monoisotopic (exact) mass is 218 g/mol. The first-order chi connectivity index (χ1) is 5.29. The first kappa shape index (κ1) is 8.49. The van der Waals surface area contributed by atoms with Crippen LogP contribution in [0.2, 0.25) is 0 Å². The quantitative estimate of drug-likeness (QED) is 0.453. The lowest BCUT2D eigenvalue weighted by Crippen LogP contribution is -2.09. The number of nitrogen functional groups attached to an aromatic ring is 1. The van der Waals surface area contributed by atoms with E-state index < -0.39 is 0 Å². The minimum absolute atomic E-state index is 0.299. The van der Waals surface area contributed by atoms with Crippen LogP contribution in [-0.2, 0) is 5.33 Å². The molecule has 0 saturated carbocycles. The smallest absolute Gasteiger partial charge is 0.151 e. The number of hydrazine groups is 1. The maximum Gasteiger partial charge on any atom is 0.151 e. The van der Waals surface area contributed by atoms with Crippen molar-refractivity contribution in [1.29, 1.82) is 0 Å². The van der Waals surface area contributed by atoms with Gasteiger partial charge in [0.2, 0.25) is 0 Å². The summed E-state index contributed by atoms with van der Waals surface area (Å²) in [6, 6.07) is 5.03. The van der Waals surface area contributed by atoms with Crippen LogP contribution in [0.3, 0.4) is 0 Å². The van der Waals surface area contributed by atoms with Gasteiger partial charge < -0.3 is 5.43 Å². The highest BCUT2D eigenvalue weighted by atomic mass is 79.9. The van der Waals surface area contributed by atoms with Crippen molar-refractivity contribution < 1.29 is 4.39 Å². The topological polar surface area (TPSA) is 38.0 Å². The molecule has 0 radical (unpaired) electrons. The molecule has 2 nitrogen and oxygen atoms in total. The minimum atomic E-state index is -0.299. The standard InChI is InChI=1S/C7H8BrFN2/c8-4-5-2-1-3-6(11-10)7(5)9/h1-3,11H,4,10H2. The van der Waals surface area contributed by atoms with Gasteiger partial charge in [-0.15, -0.1) is 0 Å². The van der Waals surface area contributed by atoms with Gasteiger partial charge in [-0.3, -0.25) is 5.84 Å². The molecule has 0 saturated heterocycles. The lowest BCUT2D eigenvalue weighted by Gasteiger charge is -2.03. The zero-order chi connectivity index (χ0) is 8.27. The molecule has 0 fully saturated rings. The van der Waals surface area contributed by atoms with E-state index in [4.69, 9.17) is 5.84 Å². The van der Waals surface area contributed by atoms with E-state index in [1.807, 2.05) is 0 Å². The highest BCUT2D eigenvalue weighted by Crippen LogP contribution is 2.18. The number of anilines is 1. The molecule has 4 heteroatoms. The molecule has 11 heavy (non-hydrogen) atoms. The Bertz CT molecular complexity index is 230. The van der Waals surface area contributed by atoms with E-state index in [2.05, 4.69) is 21.4 Å². The van der Waals surface area contributed by atoms with Gasteiger partial charge in [-0.1, -0.05) is 28.1 Å². The van der Waals surface area contributed by atoms with E-state index in [-0.39, 0.29) is 5.82 Å². The third kappa shape index (κ3) is 1.70. The molecule has 0 unspecified atom stereocenters. The molecule has 0 aliphatic rings. The number of alkyl halides is 1. The average molecular weight is 219 g/mol. The number of hydrogen-bond acceptors (Lipinski definition) is 2. The van der Waals surface area contributed by atoms with Crippen LogP contribution in [0.4, 0.5) is 10.1 Å². The highest BCUT2D eigenvalue weighted by molar-refractivity contribution is 9.08. The zero-order valence-electron chi connectivity index (χ0n) is 5.77. The predicted molar refractivity (Wildman–Crippen MR) is 46.8 cm³/mol. The molecule has 0 aromatic heterocycles. The summed E-state index contributed by atoms with van der Waals surface area (Å²) in [5.74, 6) is 4.77. The molecule has 1 rings (SSSR count). The van der Waals surface area contributed by atoms with Gasteiger partial charge in [0.1, 0.15) is 0 Å². The molecular weight excluding hydrogens is 211 g/mol. The molecule has 1 aromatic carbocycles. The van der Waals surface area contributed by atoms with Gasteiger partial charge in [0.25, 0.3) is 0 Å². The van der Waals surface area contributed by atoms with Crippen molar-refractivity contribution in [1.82, 2.24) is 0 Å². The third-order valence-electron chi connectivity index (χ3n) is 1.38. The molecule has 0 spiro atoms. The molecule has 0 bridgehead atoms. The molecule has 3 N–H and O–H groups in total. The molecule has 0 aliphatic carbocycles. The summed E-state index contributed by atoms with van der Waals surface area (Å²) in [6.45, 7) is 0. The number of halogens is 2. The molecule has 0 amide bonds. The maximum atomic E-state index is 13.1. The van der Waals surface area contributed by atoms with E-state index in [0.717, 1.165) is 0 Å². The Morgan fingerprint density at radius 3 is 2.82 bits per heavy atom. The minimum Gasteiger partial charge on any atom is -0.321 e. The van der Waals surface area contributed by atoms with E-state index in [0.29, 0.717) is 16.6 Å². The molecule has 0 aliphatic heterocycles. The van der Waals surface area contributed by atoms with Crippen molar-refractivity contribution in [3.63, 3.8) is 0 Å². The van der Waals surface area contributed by atoms with Crippen molar-refractivity contribution >= 4 is 21.6 Å². The third-order valence-corrected chi connectivity index (χ3v) is 1.98. The van der Waals surface area contributed by atoms with E-state index in [9.17, 15) is 4.39 Å². The van der Waals surface area contributed by atoms with Crippen LogP contribution in [0.25, 0.3) is 0 Å². The SMILES string of the molecule is NNc1cccc(CBr)c1F. The number of nitrogens with one attached hydrogen (secondary N) is 1. The van der Waals surface area contributed by atoms with Crippen molar-refractivity contribution in [2.24, 2.45) is 5.84 Å². The van der Waals surface area contributed by atoms with E-state index in [1.165, 1.54) is 0 Å². The zero-order valence-corrected chi connectivity index (χ0v) is 7.36. The molecule has 1 aromatic rings. The lowest BCUT2D eigenvalue weighted by atomic mass is 10.2. The Labute approximate surface area is 72.7 Å². The Balaban J connectivity index is 3.10. The van der Waals surface area contributed by atoms with Gasteiger partial charge in [0.05, 0.1) is 5.69 Å². The largest absolute Gasteiger partial charge is 0.321 e. The summed E-state index contributed by atoms with van der Waals surface area (Å²) in [4.78, 5) is 0. The summed E-state index contributed by atoms with van der Waals surface area (Å²) < 4.78 is 13.1. The van der Waals surface area contributed by atoms with Crippen molar-refractivity contribution in [3.8, 4) is 0 Å². The second-order valence-corrected chi connectivity index (χ2v) is 2.62. The van der Waals surface area contributed by atoms with Crippen LogP contribution in [0, 0.1) is 5.82 Å². The Morgan fingerprint density at radius 2 is 2.27 bits per heavy atom. The van der Waals surface area contributed by atoms with Crippen LogP contribution in [0.5, 0.6) is 0 Å². The summed E-state index contributed by atoms with van der Waals surface area (Å²) in [5, 5.41) is 0.494. The second kappa shape index (κ2) is 3.69. The summed E-state index contributed by atoms with van der Waals surface area (Å²) >= 11 is 3.16. The number of rotatable bonds is 2. The Morgan fingerprint density at radius 1 is 1.55 bits per heavy atom. The fraction of sp³-hybridized carbons (Fsp3) is 0.143. The van der Waals surface area contributed by atoms with Crippen molar-refractivity contribution in [3.05, 3.63) is 29.6 Å². The van der Waals surface area contributed by atoms with Crippen LogP contribution < -0.4 is 11.3 Å². The lowest BCUT2D eigenvalue weighted by molar-refractivity contribution is 0.620. The normalized spacial score (nSPS) is 9.73. The van der Waals surface area contributed by atoms with Crippen molar-refractivity contribution in [2.45, 2.75) is 5.33 Å². The maximum absolute atomic E-state index is 13.1. The molecular formula is C7H8BrFN2. The second-order valence-electron chi connectivity index (χ2n) is 2.06. The van der Waals surface area contributed by atoms with Gasteiger partial charge in [0, 0.05) is 10.9 Å². The number of nitrogens with two attached hydrogens (primary N) is 1. The average Bonchev–Trinajstić information content (AvgIpc) is 2.05. The first-order valence-corrected chi connectivity index (χ1v) is 4.21. The van der Waals surface area contributed by atoms with Crippen LogP contribution in [0.1, 0.15) is 5.56 Å². The molecule has 60 valence electrons. The van der Waals surface area contributed by atoms with Gasteiger partial charge in [0.15, 0.2) is 5.82 Å². The number of hydrogen-bond donors (Lipinski definition) is 2. The molecule has 0 atom stereocenters. The van der Waals surface area contributed by atoms with E-state index in [1.54, 1.807) is 18.2 Å². The van der Waals surface area contributed by atoms with Crippen molar-refractivity contribution in [2.75, 3.05) is 5.43 Å². The highest BCUT2D eigenvalue weighted by Gasteiger charge is 2.04. The summed E-state index contributed by atoms with van der Waals surface area (Å²) in [7, 11) is 0. The fourth-order valence-electron chi connectivity index (χ4n) is 0.794. The van der Waals surface area contributed by atoms with Gasteiger partial charge in [-0.05, 0) is 6.07 Å². The first-order valence-electron chi connectivity index (χ1n) is 3.09. The Kier molecular flexibility index (Phi) is 2.84. The van der Waals surface area contributed by atoms with Crippen LogP contribution in [0.15, 0.2) is 18.2 Å². The Hall–Kier alpha value is -0.610. The van der Waals surface area contributed by atoms with Crippen LogP contribution in [-0.4, -0.2) is 0 Å². The van der Waals surface area contributed by atoms with Gasteiger partial charge in [-0.2, -0.15) is 0 Å². The molecule has 0 heterocycles. The number of benzene rings is 1. The fourth-order valence-corrected chi connectivity index (χ4v) is 1.23. The van der Waals surface area contributed by atoms with E-state index >= 15 is 0 Å². The van der Waals surface area contributed by atoms with Gasteiger partial charge >= 0.3 is 0 Å². The predicted octanol–water partition coefficient (Wildman–Crippen LogP) is 2.01. The summed E-state index contributed by atoms with van der Waals surface area (Å²) in [6.07, 6.45) is 0. The van der Waals surface area contributed by atoms with Gasteiger partial charge in [-0.25, -0.2) is 4.39 Å².